The summed E-state index contributed by atoms with van der Waals surface area (Å²) >= 11 is 0. The summed E-state index contributed by atoms with van der Waals surface area (Å²) in [5.74, 6) is -0.160. The standard InChI is InChI=1S/C16H23NO2/c1-3-6-13(7-4-2)19-16(18)14-9-5-8-12-10-17-11-15(12)14/h5,8-9,13,17H,3-4,6-7,10-11H2,1-2H3. The number of nitrogens with one attached hydrogen (secondary N) is 1. The van der Waals surface area contributed by atoms with Crippen molar-refractivity contribution in [3.05, 3.63) is 34.9 Å². The van der Waals surface area contributed by atoms with Gasteiger partial charge in [0.2, 0.25) is 0 Å². The molecule has 0 saturated carbocycles. The maximum atomic E-state index is 12.3. The molecule has 19 heavy (non-hydrogen) atoms. The third-order valence-corrected chi connectivity index (χ3v) is 3.61. The maximum absolute atomic E-state index is 12.3. The van der Waals surface area contributed by atoms with Crippen molar-refractivity contribution in [1.29, 1.82) is 0 Å². The van der Waals surface area contributed by atoms with Crippen LogP contribution in [0.25, 0.3) is 0 Å². The minimum atomic E-state index is -0.160. The van der Waals surface area contributed by atoms with Gasteiger partial charge in [-0.15, -0.1) is 0 Å². The van der Waals surface area contributed by atoms with E-state index in [0.717, 1.165) is 49.9 Å². The van der Waals surface area contributed by atoms with Gasteiger partial charge in [-0.05, 0) is 30.0 Å². The number of fused-ring (bicyclic) bond motifs is 1. The van der Waals surface area contributed by atoms with Crippen molar-refractivity contribution < 1.29 is 9.53 Å². The van der Waals surface area contributed by atoms with Crippen molar-refractivity contribution in [2.24, 2.45) is 0 Å². The first-order valence-electron chi connectivity index (χ1n) is 7.28. The van der Waals surface area contributed by atoms with Gasteiger partial charge in [0, 0.05) is 13.1 Å². The van der Waals surface area contributed by atoms with Crippen LogP contribution in [0, 0.1) is 0 Å². The lowest BCUT2D eigenvalue weighted by molar-refractivity contribution is 0.0257. The summed E-state index contributed by atoms with van der Waals surface area (Å²) in [6, 6.07) is 5.89. The molecule has 1 aliphatic heterocycles. The van der Waals surface area contributed by atoms with Gasteiger partial charge in [-0.2, -0.15) is 0 Å². The number of hydrogen-bond donors (Lipinski definition) is 1. The minimum Gasteiger partial charge on any atom is -0.459 e. The second kappa shape index (κ2) is 6.71. The molecule has 0 aliphatic carbocycles. The Morgan fingerprint density at radius 3 is 2.68 bits per heavy atom. The zero-order chi connectivity index (χ0) is 13.7. The minimum absolute atomic E-state index is 0.0627. The van der Waals surface area contributed by atoms with Crippen LogP contribution in [-0.4, -0.2) is 12.1 Å². The predicted molar refractivity (Wildman–Crippen MR) is 76.0 cm³/mol. The highest BCUT2D eigenvalue weighted by Gasteiger charge is 2.21. The molecule has 1 N–H and O–H groups in total. The fraction of sp³-hybridized carbons (Fsp3) is 0.562. The number of carbonyl (C=O) groups is 1. The Balaban J connectivity index is 2.09. The van der Waals surface area contributed by atoms with Crippen molar-refractivity contribution in [1.82, 2.24) is 5.32 Å². The molecule has 0 radical (unpaired) electrons. The summed E-state index contributed by atoms with van der Waals surface area (Å²) in [7, 11) is 0. The molecular formula is C16H23NO2. The first kappa shape index (κ1) is 14.1. The molecule has 0 bridgehead atoms. The summed E-state index contributed by atoms with van der Waals surface area (Å²) in [4.78, 5) is 12.3. The van der Waals surface area contributed by atoms with E-state index in [-0.39, 0.29) is 12.1 Å². The number of esters is 1. The van der Waals surface area contributed by atoms with E-state index in [9.17, 15) is 4.79 Å². The summed E-state index contributed by atoms with van der Waals surface area (Å²) in [6.07, 6.45) is 4.06. The number of hydrogen-bond acceptors (Lipinski definition) is 3. The molecule has 3 heteroatoms. The number of carbonyl (C=O) groups excluding carboxylic acids is 1. The molecule has 0 unspecified atom stereocenters. The summed E-state index contributed by atoms with van der Waals surface area (Å²) in [6.45, 7) is 5.87. The molecular weight excluding hydrogens is 238 g/mol. The molecule has 1 aliphatic rings. The van der Waals surface area contributed by atoms with Gasteiger partial charge in [-0.1, -0.05) is 38.8 Å². The maximum Gasteiger partial charge on any atom is 0.338 e. The van der Waals surface area contributed by atoms with Crippen LogP contribution in [0.1, 0.15) is 61.0 Å². The Morgan fingerprint density at radius 1 is 1.26 bits per heavy atom. The van der Waals surface area contributed by atoms with Gasteiger partial charge >= 0.3 is 5.97 Å². The Hall–Kier alpha value is -1.35. The molecule has 1 aromatic carbocycles. The number of ether oxygens (including phenoxy) is 1. The summed E-state index contributed by atoms with van der Waals surface area (Å²) < 4.78 is 5.68. The van der Waals surface area contributed by atoms with E-state index in [0.29, 0.717) is 0 Å². The van der Waals surface area contributed by atoms with E-state index in [2.05, 4.69) is 25.2 Å². The zero-order valence-corrected chi connectivity index (χ0v) is 11.9. The molecule has 104 valence electrons. The smallest absolute Gasteiger partial charge is 0.338 e. The quantitative estimate of drug-likeness (QED) is 0.797. The molecule has 3 nitrogen and oxygen atoms in total. The van der Waals surface area contributed by atoms with Crippen LogP contribution in [0.5, 0.6) is 0 Å². The third kappa shape index (κ3) is 3.35. The first-order chi connectivity index (χ1) is 9.26. The number of rotatable bonds is 6. The zero-order valence-electron chi connectivity index (χ0n) is 11.9. The third-order valence-electron chi connectivity index (χ3n) is 3.61. The van der Waals surface area contributed by atoms with Crippen LogP contribution in [0.3, 0.4) is 0 Å². The topological polar surface area (TPSA) is 38.3 Å². The predicted octanol–water partition coefficient (Wildman–Crippen LogP) is 3.42. The van der Waals surface area contributed by atoms with Crippen LogP contribution < -0.4 is 5.32 Å². The molecule has 0 atom stereocenters. The van der Waals surface area contributed by atoms with Crippen molar-refractivity contribution in [3.8, 4) is 0 Å². The second-order valence-electron chi connectivity index (χ2n) is 5.15. The van der Waals surface area contributed by atoms with Crippen LogP contribution >= 0.6 is 0 Å². The van der Waals surface area contributed by atoms with Gasteiger partial charge in [0.25, 0.3) is 0 Å². The normalized spacial score (nSPS) is 13.6. The Kier molecular flexibility index (Phi) is 4.97. The van der Waals surface area contributed by atoms with Gasteiger partial charge < -0.3 is 10.1 Å². The monoisotopic (exact) mass is 261 g/mol. The fourth-order valence-corrected chi connectivity index (χ4v) is 2.64. The molecule has 1 aromatic rings. The van der Waals surface area contributed by atoms with Crippen molar-refractivity contribution >= 4 is 5.97 Å². The first-order valence-corrected chi connectivity index (χ1v) is 7.28. The average molecular weight is 261 g/mol. The van der Waals surface area contributed by atoms with E-state index in [1.807, 2.05) is 12.1 Å². The highest BCUT2D eigenvalue weighted by atomic mass is 16.5. The Morgan fingerprint density at radius 2 is 2.00 bits per heavy atom. The molecule has 0 fully saturated rings. The van der Waals surface area contributed by atoms with E-state index in [4.69, 9.17) is 4.74 Å². The van der Waals surface area contributed by atoms with Crippen molar-refractivity contribution in [2.45, 2.75) is 58.7 Å². The van der Waals surface area contributed by atoms with E-state index in [1.54, 1.807) is 0 Å². The van der Waals surface area contributed by atoms with Crippen molar-refractivity contribution in [3.63, 3.8) is 0 Å². The summed E-state index contributed by atoms with van der Waals surface area (Å²) in [5, 5.41) is 3.28. The van der Waals surface area contributed by atoms with Crippen molar-refractivity contribution in [2.75, 3.05) is 0 Å². The van der Waals surface area contributed by atoms with Crippen LogP contribution in [0.4, 0.5) is 0 Å². The molecule has 0 saturated heterocycles. The van der Waals surface area contributed by atoms with E-state index in [1.165, 1.54) is 5.56 Å². The lowest BCUT2D eigenvalue weighted by Crippen LogP contribution is -2.19. The Bertz CT molecular complexity index is 436. The molecule has 2 rings (SSSR count). The molecule has 0 spiro atoms. The number of benzene rings is 1. The van der Waals surface area contributed by atoms with E-state index < -0.39 is 0 Å². The molecule has 0 aromatic heterocycles. The lowest BCUT2D eigenvalue weighted by atomic mass is 10.0. The van der Waals surface area contributed by atoms with Gasteiger partial charge in [0.15, 0.2) is 0 Å². The lowest BCUT2D eigenvalue weighted by Gasteiger charge is -2.17. The van der Waals surface area contributed by atoms with Crippen LogP contribution in [0.2, 0.25) is 0 Å². The fourth-order valence-electron chi connectivity index (χ4n) is 2.64. The highest BCUT2D eigenvalue weighted by molar-refractivity contribution is 5.91. The SMILES string of the molecule is CCCC(CCC)OC(=O)c1cccc2c1CNC2. The molecule has 1 heterocycles. The van der Waals surface area contributed by atoms with Crippen LogP contribution in [-0.2, 0) is 17.8 Å². The second-order valence-corrected chi connectivity index (χ2v) is 5.15. The van der Waals surface area contributed by atoms with Gasteiger partial charge in [-0.3, -0.25) is 0 Å². The highest BCUT2D eigenvalue weighted by Crippen LogP contribution is 2.22. The van der Waals surface area contributed by atoms with Gasteiger partial charge in [-0.25, -0.2) is 4.79 Å². The average Bonchev–Trinajstić information content (AvgIpc) is 2.87. The largest absolute Gasteiger partial charge is 0.459 e. The molecule has 0 amide bonds. The Labute approximate surface area is 115 Å². The van der Waals surface area contributed by atoms with Gasteiger partial charge in [0.1, 0.15) is 6.10 Å². The van der Waals surface area contributed by atoms with Crippen LogP contribution in [0.15, 0.2) is 18.2 Å². The van der Waals surface area contributed by atoms with E-state index >= 15 is 0 Å². The van der Waals surface area contributed by atoms with Gasteiger partial charge in [0.05, 0.1) is 5.56 Å². The summed E-state index contributed by atoms with van der Waals surface area (Å²) in [5.41, 5.74) is 3.07.